The first-order valence-corrected chi connectivity index (χ1v) is 11.1. The van der Waals surface area contributed by atoms with Crippen LogP contribution in [0.4, 0.5) is 17.1 Å². The molecular formula is C31H27NO2. The van der Waals surface area contributed by atoms with Crippen LogP contribution in [-0.4, -0.2) is 11.1 Å². The Balaban J connectivity index is 1.61. The van der Waals surface area contributed by atoms with Crippen molar-refractivity contribution in [2.75, 3.05) is 4.90 Å². The zero-order valence-corrected chi connectivity index (χ0v) is 19.4. The summed E-state index contributed by atoms with van der Waals surface area (Å²) in [5.41, 5.74) is 8.41. The molecule has 0 spiro atoms. The maximum absolute atomic E-state index is 11.2. The molecule has 0 aliphatic carbocycles. The zero-order chi connectivity index (χ0) is 24.1. The number of carbonyl (C=O) groups is 1. The monoisotopic (exact) mass is 445 g/mol. The van der Waals surface area contributed by atoms with E-state index in [0.29, 0.717) is 5.56 Å². The minimum Gasteiger partial charge on any atom is -0.478 e. The smallest absolute Gasteiger partial charge is 0.335 e. The highest BCUT2D eigenvalue weighted by atomic mass is 16.4. The molecule has 1 N–H and O–H groups in total. The van der Waals surface area contributed by atoms with Crippen molar-refractivity contribution in [3.8, 4) is 0 Å². The molecule has 0 aliphatic heterocycles. The van der Waals surface area contributed by atoms with Gasteiger partial charge in [-0.25, -0.2) is 4.79 Å². The molecule has 0 bridgehead atoms. The number of rotatable bonds is 7. The summed E-state index contributed by atoms with van der Waals surface area (Å²) in [6.07, 6.45) is 4.00. The number of nitrogens with zero attached hydrogens (tertiary/aromatic N) is 1. The van der Waals surface area contributed by atoms with Gasteiger partial charge in [-0.15, -0.1) is 0 Å². The second-order valence-corrected chi connectivity index (χ2v) is 8.34. The molecule has 0 aliphatic rings. The second-order valence-electron chi connectivity index (χ2n) is 8.34. The fourth-order valence-electron chi connectivity index (χ4n) is 3.72. The van der Waals surface area contributed by atoms with Gasteiger partial charge < -0.3 is 10.0 Å². The van der Waals surface area contributed by atoms with Gasteiger partial charge in [0.25, 0.3) is 0 Å². The molecule has 4 aromatic rings. The van der Waals surface area contributed by atoms with Gasteiger partial charge in [0.05, 0.1) is 5.57 Å². The first-order chi connectivity index (χ1) is 16.4. The van der Waals surface area contributed by atoms with E-state index < -0.39 is 5.97 Å². The number of benzene rings is 4. The molecule has 4 aromatic carbocycles. The summed E-state index contributed by atoms with van der Waals surface area (Å²) >= 11 is 0. The highest BCUT2D eigenvalue weighted by Gasteiger charge is 2.12. The molecule has 0 saturated heterocycles. The highest BCUT2D eigenvalue weighted by Crippen LogP contribution is 2.34. The van der Waals surface area contributed by atoms with Crippen molar-refractivity contribution in [1.29, 1.82) is 0 Å². The Hall–Kier alpha value is -4.37. The van der Waals surface area contributed by atoms with Crippen molar-refractivity contribution in [2.45, 2.75) is 13.8 Å². The Morgan fingerprint density at radius 2 is 1.18 bits per heavy atom. The molecule has 3 nitrogen and oxygen atoms in total. The lowest BCUT2D eigenvalue weighted by Gasteiger charge is -2.25. The number of aryl methyl sites for hydroxylation is 2. The summed E-state index contributed by atoms with van der Waals surface area (Å²) < 4.78 is 0. The van der Waals surface area contributed by atoms with Crippen LogP contribution < -0.4 is 4.90 Å². The van der Waals surface area contributed by atoms with Crippen LogP contribution in [0.25, 0.3) is 17.7 Å². The third kappa shape index (κ3) is 5.33. The summed E-state index contributed by atoms with van der Waals surface area (Å²) in [5, 5.41) is 9.18. The van der Waals surface area contributed by atoms with Crippen LogP contribution in [0.1, 0.15) is 27.8 Å². The second kappa shape index (κ2) is 10.1. The number of hydrogen-bond acceptors (Lipinski definition) is 2. The van der Waals surface area contributed by atoms with Gasteiger partial charge in [-0.2, -0.15) is 0 Å². The van der Waals surface area contributed by atoms with E-state index in [1.165, 1.54) is 11.1 Å². The summed E-state index contributed by atoms with van der Waals surface area (Å²) in [6.45, 7) is 7.82. The molecule has 0 heterocycles. The number of carboxylic acid groups (broad SMARTS) is 1. The Morgan fingerprint density at radius 1 is 0.706 bits per heavy atom. The predicted molar refractivity (Wildman–Crippen MR) is 143 cm³/mol. The Morgan fingerprint density at radius 3 is 1.68 bits per heavy atom. The molecule has 0 aromatic heterocycles. The third-order valence-electron chi connectivity index (χ3n) is 5.70. The van der Waals surface area contributed by atoms with Crippen molar-refractivity contribution in [1.82, 2.24) is 0 Å². The van der Waals surface area contributed by atoms with Crippen molar-refractivity contribution in [2.24, 2.45) is 0 Å². The zero-order valence-electron chi connectivity index (χ0n) is 19.4. The van der Waals surface area contributed by atoms with E-state index in [2.05, 4.69) is 98.1 Å². The van der Waals surface area contributed by atoms with Gasteiger partial charge in [-0.1, -0.05) is 84.5 Å². The van der Waals surface area contributed by atoms with Crippen LogP contribution in [0.5, 0.6) is 0 Å². The summed E-state index contributed by atoms with van der Waals surface area (Å²) in [6, 6.07) is 32.8. The fourth-order valence-corrected chi connectivity index (χ4v) is 3.72. The lowest BCUT2D eigenvalue weighted by atomic mass is 10.0. The van der Waals surface area contributed by atoms with Gasteiger partial charge in [0, 0.05) is 17.1 Å². The number of aliphatic carboxylic acids is 1. The molecule has 0 saturated carbocycles. The van der Waals surface area contributed by atoms with E-state index in [9.17, 15) is 9.90 Å². The van der Waals surface area contributed by atoms with Gasteiger partial charge in [-0.3, -0.25) is 0 Å². The Labute approximate surface area is 200 Å². The maximum Gasteiger partial charge on any atom is 0.335 e. The average molecular weight is 446 g/mol. The van der Waals surface area contributed by atoms with Crippen LogP contribution in [0.15, 0.2) is 104 Å². The van der Waals surface area contributed by atoms with Gasteiger partial charge in [0.2, 0.25) is 0 Å². The average Bonchev–Trinajstić information content (AvgIpc) is 2.85. The van der Waals surface area contributed by atoms with E-state index in [1.54, 1.807) is 6.07 Å². The molecule has 4 rings (SSSR count). The van der Waals surface area contributed by atoms with Crippen molar-refractivity contribution in [3.63, 3.8) is 0 Å². The summed E-state index contributed by atoms with van der Waals surface area (Å²) in [5.74, 6) is -1.01. The first kappa shape index (κ1) is 22.8. The van der Waals surface area contributed by atoms with Gasteiger partial charge in [0.1, 0.15) is 0 Å². The standard InChI is InChI=1S/C31H27NO2/c1-22-7-15-28(16-8-22)32(29-17-9-23(2)10-18-29)30-19-13-25(14-20-30)11-12-26-5-4-6-27(21-26)24(3)31(33)34/h4-21H,3H2,1-2H3,(H,33,34)/b12-11+. The van der Waals surface area contributed by atoms with Crippen LogP contribution in [0.3, 0.4) is 0 Å². The Kier molecular flexibility index (Phi) is 6.74. The summed E-state index contributed by atoms with van der Waals surface area (Å²) in [4.78, 5) is 13.4. The van der Waals surface area contributed by atoms with Crippen LogP contribution in [-0.2, 0) is 4.79 Å². The van der Waals surface area contributed by atoms with E-state index in [1.807, 2.05) is 30.4 Å². The quantitative estimate of drug-likeness (QED) is 0.231. The topological polar surface area (TPSA) is 40.5 Å². The molecule has 0 atom stereocenters. The van der Waals surface area contributed by atoms with Crippen molar-refractivity contribution < 1.29 is 9.90 Å². The number of anilines is 3. The van der Waals surface area contributed by atoms with Crippen LogP contribution >= 0.6 is 0 Å². The molecule has 34 heavy (non-hydrogen) atoms. The number of carboxylic acids is 1. The maximum atomic E-state index is 11.2. The third-order valence-corrected chi connectivity index (χ3v) is 5.70. The van der Waals surface area contributed by atoms with Crippen molar-refractivity contribution >= 4 is 40.8 Å². The molecule has 0 amide bonds. The van der Waals surface area contributed by atoms with Gasteiger partial charge >= 0.3 is 5.97 Å². The van der Waals surface area contributed by atoms with E-state index in [0.717, 1.165) is 28.2 Å². The Bertz CT molecular complexity index is 1290. The van der Waals surface area contributed by atoms with Gasteiger partial charge in [-0.05, 0) is 73.0 Å². The molecular weight excluding hydrogens is 418 g/mol. The number of hydrogen-bond donors (Lipinski definition) is 1. The fraction of sp³-hybridized carbons (Fsp3) is 0.0645. The van der Waals surface area contributed by atoms with E-state index in [-0.39, 0.29) is 5.57 Å². The largest absolute Gasteiger partial charge is 0.478 e. The molecule has 0 fully saturated rings. The summed E-state index contributed by atoms with van der Waals surface area (Å²) in [7, 11) is 0. The van der Waals surface area contributed by atoms with Crippen LogP contribution in [0, 0.1) is 13.8 Å². The van der Waals surface area contributed by atoms with Gasteiger partial charge in [0.15, 0.2) is 0 Å². The molecule has 0 unspecified atom stereocenters. The predicted octanol–water partition coefficient (Wildman–Crippen LogP) is 8.04. The molecule has 168 valence electrons. The normalized spacial score (nSPS) is 10.9. The van der Waals surface area contributed by atoms with E-state index >= 15 is 0 Å². The lowest BCUT2D eigenvalue weighted by Crippen LogP contribution is -2.09. The SMILES string of the molecule is C=C(C(=O)O)c1cccc(/C=C/c2ccc(N(c3ccc(C)cc3)c3ccc(C)cc3)cc2)c1. The molecule has 0 radical (unpaired) electrons. The van der Waals surface area contributed by atoms with Crippen LogP contribution in [0.2, 0.25) is 0 Å². The van der Waals surface area contributed by atoms with E-state index in [4.69, 9.17) is 0 Å². The minimum atomic E-state index is -1.01. The van der Waals surface area contributed by atoms with Crippen molar-refractivity contribution in [3.05, 3.63) is 131 Å². The highest BCUT2D eigenvalue weighted by molar-refractivity contribution is 6.14. The first-order valence-electron chi connectivity index (χ1n) is 11.1. The lowest BCUT2D eigenvalue weighted by molar-refractivity contribution is -0.130. The minimum absolute atomic E-state index is 0.0897. The molecule has 3 heteroatoms.